The number of hydrogen-bond acceptors (Lipinski definition) is 3. The van der Waals surface area contributed by atoms with Crippen molar-refractivity contribution in [2.45, 2.75) is 20.8 Å². The first-order valence-corrected chi connectivity index (χ1v) is 7.83. The van der Waals surface area contributed by atoms with Crippen LogP contribution in [-0.2, 0) is 0 Å². The molecule has 0 bridgehead atoms. The highest BCUT2D eigenvalue weighted by Crippen LogP contribution is 2.15. The van der Waals surface area contributed by atoms with Crippen LogP contribution in [0.4, 0.5) is 5.69 Å². The Bertz CT molecular complexity index is 711. The van der Waals surface area contributed by atoms with Gasteiger partial charge in [0, 0.05) is 11.3 Å². The van der Waals surface area contributed by atoms with E-state index in [2.05, 4.69) is 10.6 Å². The van der Waals surface area contributed by atoms with Crippen LogP contribution in [0.3, 0.4) is 0 Å². The number of nitrogens with one attached hydrogen (secondary N) is 2. The van der Waals surface area contributed by atoms with Crippen molar-refractivity contribution in [1.82, 2.24) is 5.32 Å². The molecule has 0 saturated carbocycles. The Labute approximate surface area is 141 Å². The summed E-state index contributed by atoms with van der Waals surface area (Å²) in [6.07, 6.45) is 0. The zero-order valence-corrected chi connectivity index (χ0v) is 14.3. The van der Waals surface area contributed by atoms with E-state index in [-0.39, 0.29) is 11.0 Å². The molecule has 0 aliphatic heterocycles. The lowest BCUT2D eigenvalue weighted by atomic mass is 10.1. The maximum atomic E-state index is 12.2. The normalized spacial score (nSPS) is 10.0. The number of anilines is 1. The van der Waals surface area contributed by atoms with Gasteiger partial charge >= 0.3 is 0 Å². The Morgan fingerprint density at radius 3 is 2.39 bits per heavy atom. The number of aryl methyl sites for hydroxylation is 2. The minimum atomic E-state index is -0.225. The van der Waals surface area contributed by atoms with E-state index in [1.807, 2.05) is 57.2 Å². The summed E-state index contributed by atoms with van der Waals surface area (Å²) in [5.74, 6) is 0.569. The first kappa shape index (κ1) is 17.0. The van der Waals surface area contributed by atoms with E-state index < -0.39 is 0 Å². The average Bonchev–Trinajstić information content (AvgIpc) is 2.52. The molecule has 0 aliphatic rings. The van der Waals surface area contributed by atoms with Gasteiger partial charge in [-0.25, -0.2) is 0 Å². The number of benzene rings is 2. The lowest BCUT2D eigenvalue weighted by molar-refractivity contribution is 0.0977. The lowest BCUT2D eigenvalue weighted by Gasteiger charge is -2.11. The standard InChI is InChI=1S/C18H20N2O2S/c1-4-22-16-9-7-15(8-10-16)19-18(23)20-17(21)14-6-5-12(2)13(3)11-14/h5-11H,4H2,1-3H3,(H2,19,20,21,23). The zero-order valence-electron chi connectivity index (χ0n) is 13.5. The highest BCUT2D eigenvalue weighted by atomic mass is 32.1. The van der Waals surface area contributed by atoms with Crippen molar-refractivity contribution >= 4 is 28.9 Å². The fraction of sp³-hybridized carbons (Fsp3) is 0.222. The summed E-state index contributed by atoms with van der Waals surface area (Å²) in [4.78, 5) is 12.2. The van der Waals surface area contributed by atoms with Gasteiger partial charge in [0.2, 0.25) is 0 Å². The number of ether oxygens (including phenoxy) is 1. The molecule has 0 unspecified atom stereocenters. The maximum Gasteiger partial charge on any atom is 0.257 e. The van der Waals surface area contributed by atoms with E-state index in [0.29, 0.717) is 12.2 Å². The molecule has 1 amide bonds. The first-order valence-electron chi connectivity index (χ1n) is 7.42. The summed E-state index contributed by atoms with van der Waals surface area (Å²) in [6, 6.07) is 13.0. The van der Waals surface area contributed by atoms with Crippen LogP contribution >= 0.6 is 12.2 Å². The van der Waals surface area contributed by atoms with Crippen LogP contribution in [0, 0.1) is 13.8 Å². The van der Waals surface area contributed by atoms with Crippen molar-refractivity contribution in [1.29, 1.82) is 0 Å². The number of carbonyl (C=O) groups is 1. The molecule has 2 rings (SSSR count). The van der Waals surface area contributed by atoms with Crippen LogP contribution < -0.4 is 15.4 Å². The van der Waals surface area contributed by atoms with Crippen molar-refractivity contribution < 1.29 is 9.53 Å². The minimum absolute atomic E-state index is 0.225. The van der Waals surface area contributed by atoms with E-state index in [0.717, 1.165) is 22.6 Å². The van der Waals surface area contributed by atoms with Gasteiger partial charge in [-0.3, -0.25) is 10.1 Å². The Balaban J connectivity index is 1.95. The van der Waals surface area contributed by atoms with Gasteiger partial charge in [0.25, 0.3) is 5.91 Å². The molecule has 0 radical (unpaired) electrons. The molecule has 0 aromatic heterocycles. The van der Waals surface area contributed by atoms with E-state index in [1.54, 1.807) is 6.07 Å². The van der Waals surface area contributed by atoms with Crippen molar-refractivity contribution in [2.75, 3.05) is 11.9 Å². The molecule has 5 heteroatoms. The van der Waals surface area contributed by atoms with Gasteiger partial charge in [-0.2, -0.15) is 0 Å². The van der Waals surface area contributed by atoms with E-state index in [4.69, 9.17) is 17.0 Å². The highest BCUT2D eigenvalue weighted by Gasteiger charge is 2.09. The van der Waals surface area contributed by atoms with Crippen LogP contribution in [0.5, 0.6) is 5.75 Å². The average molecular weight is 328 g/mol. The second kappa shape index (κ2) is 7.74. The monoisotopic (exact) mass is 328 g/mol. The largest absolute Gasteiger partial charge is 0.494 e. The van der Waals surface area contributed by atoms with Crippen molar-refractivity contribution in [3.63, 3.8) is 0 Å². The number of thiocarbonyl (C=S) groups is 1. The molecule has 2 N–H and O–H groups in total. The lowest BCUT2D eigenvalue weighted by Crippen LogP contribution is -2.34. The van der Waals surface area contributed by atoms with Crippen molar-refractivity contribution in [3.05, 3.63) is 59.2 Å². The van der Waals surface area contributed by atoms with Gasteiger partial charge in [-0.15, -0.1) is 0 Å². The summed E-state index contributed by atoms with van der Waals surface area (Å²) in [5, 5.41) is 5.92. The predicted octanol–water partition coefficient (Wildman–Crippen LogP) is 3.83. The Morgan fingerprint density at radius 2 is 1.78 bits per heavy atom. The smallest absolute Gasteiger partial charge is 0.257 e. The summed E-state index contributed by atoms with van der Waals surface area (Å²) in [7, 11) is 0. The van der Waals surface area contributed by atoms with E-state index in [9.17, 15) is 4.79 Å². The predicted molar refractivity (Wildman–Crippen MR) is 97.2 cm³/mol. The van der Waals surface area contributed by atoms with Crippen LogP contribution in [0.25, 0.3) is 0 Å². The van der Waals surface area contributed by atoms with Gasteiger partial charge in [0.15, 0.2) is 5.11 Å². The summed E-state index contributed by atoms with van der Waals surface area (Å²) >= 11 is 5.18. The van der Waals surface area contributed by atoms with Gasteiger partial charge in [0.05, 0.1) is 6.61 Å². The van der Waals surface area contributed by atoms with E-state index >= 15 is 0 Å². The number of hydrogen-bond donors (Lipinski definition) is 2. The summed E-state index contributed by atoms with van der Waals surface area (Å²) in [5.41, 5.74) is 3.60. The van der Waals surface area contributed by atoms with Crippen LogP contribution in [-0.4, -0.2) is 17.6 Å². The quantitative estimate of drug-likeness (QED) is 0.838. The molecule has 23 heavy (non-hydrogen) atoms. The fourth-order valence-corrected chi connectivity index (χ4v) is 2.23. The maximum absolute atomic E-state index is 12.2. The van der Waals surface area contributed by atoms with Gasteiger partial charge in [-0.1, -0.05) is 6.07 Å². The number of amides is 1. The molecule has 2 aromatic rings. The molecule has 4 nitrogen and oxygen atoms in total. The molecule has 120 valence electrons. The molecule has 0 fully saturated rings. The Kier molecular flexibility index (Phi) is 5.71. The summed E-state index contributed by atoms with van der Waals surface area (Å²) in [6.45, 7) is 6.54. The molecule has 0 spiro atoms. The summed E-state index contributed by atoms with van der Waals surface area (Å²) < 4.78 is 5.38. The fourth-order valence-electron chi connectivity index (χ4n) is 2.02. The third-order valence-corrected chi connectivity index (χ3v) is 3.62. The third-order valence-electron chi connectivity index (χ3n) is 3.42. The minimum Gasteiger partial charge on any atom is -0.494 e. The van der Waals surface area contributed by atoms with Gasteiger partial charge in [-0.05, 0) is 80.5 Å². The SMILES string of the molecule is CCOc1ccc(NC(=S)NC(=O)c2ccc(C)c(C)c2)cc1. The Hall–Kier alpha value is -2.40. The molecule has 0 saturated heterocycles. The van der Waals surface area contributed by atoms with Crippen molar-refractivity contribution in [2.24, 2.45) is 0 Å². The van der Waals surface area contributed by atoms with Crippen LogP contribution in [0.15, 0.2) is 42.5 Å². The van der Waals surface area contributed by atoms with Crippen LogP contribution in [0.1, 0.15) is 28.4 Å². The topological polar surface area (TPSA) is 50.4 Å². The molecule has 0 aliphatic carbocycles. The van der Waals surface area contributed by atoms with E-state index in [1.165, 1.54) is 0 Å². The molecular weight excluding hydrogens is 308 g/mol. The van der Waals surface area contributed by atoms with Gasteiger partial charge in [0.1, 0.15) is 5.75 Å². The first-order chi connectivity index (χ1) is 11.0. The number of rotatable bonds is 4. The van der Waals surface area contributed by atoms with Crippen LogP contribution in [0.2, 0.25) is 0 Å². The highest BCUT2D eigenvalue weighted by molar-refractivity contribution is 7.80. The number of carbonyl (C=O) groups excluding carboxylic acids is 1. The van der Waals surface area contributed by atoms with Crippen molar-refractivity contribution in [3.8, 4) is 5.75 Å². The molecular formula is C18H20N2O2S. The molecule has 2 aromatic carbocycles. The molecule has 0 atom stereocenters. The third kappa shape index (κ3) is 4.79. The second-order valence-electron chi connectivity index (χ2n) is 5.16. The van der Waals surface area contributed by atoms with Gasteiger partial charge < -0.3 is 10.1 Å². The Morgan fingerprint density at radius 1 is 1.09 bits per heavy atom. The zero-order chi connectivity index (χ0) is 16.8. The molecule has 0 heterocycles. The second-order valence-corrected chi connectivity index (χ2v) is 5.57.